The van der Waals surface area contributed by atoms with E-state index in [0.29, 0.717) is 11.3 Å². The van der Waals surface area contributed by atoms with Gasteiger partial charge in [-0.15, -0.1) is 0 Å². The van der Waals surface area contributed by atoms with E-state index in [4.69, 9.17) is 5.73 Å². The van der Waals surface area contributed by atoms with E-state index in [2.05, 4.69) is 9.97 Å². The molecule has 1 aliphatic rings. The fraction of sp³-hybridized carbons (Fsp3) is 0.261. The van der Waals surface area contributed by atoms with Crippen LogP contribution in [0.25, 0.3) is 11.3 Å². The summed E-state index contributed by atoms with van der Waals surface area (Å²) in [5.74, 6) is -3.48. The van der Waals surface area contributed by atoms with Crippen molar-refractivity contribution in [1.29, 1.82) is 0 Å². The number of hydrogen-bond acceptors (Lipinski definition) is 7. The lowest BCUT2D eigenvalue weighted by Crippen LogP contribution is -2.59. The van der Waals surface area contributed by atoms with Crippen LogP contribution in [-0.4, -0.2) is 57.3 Å². The monoisotopic (exact) mass is 458 g/mol. The first kappa shape index (κ1) is 22.8. The normalized spacial score (nSPS) is 20.7. The molecule has 0 spiro atoms. The van der Waals surface area contributed by atoms with Crippen LogP contribution >= 0.6 is 0 Å². The largest absolute Gasteiger partial charge is 0.389 e. The van der Waals surface area contributed by atoms with Gasteiger partial charge in [0.2, 0.25) is 0 Å². The molecule has 1 fully saturated rings. The number of carbonyl (C=O) groups is 1. The highest BCUT2D eigenvalue weighted by molar-refractivity contribution is 5.97. The van der Waals surface area contributed by atoms with Crippen molar-refractivity contribution in [2.75, 3.05) is 18.0 Å². The third-order valence-electron chi connectivity index (χ3n) is 5.57. The number of Topliss-reactive ketones (excluding diaryl/α,β-unsaturated/α-hetero) is 1. The zero-order chi connectivity index (χ0) is 23.7. The van der Waals surface area contributed by atoms with Crippen molar-refractivity contribution in [3.63, 3.8) is 0 Å². The molecule has 1 aliphatic heterocycles. The Bertz CT molecular complexity index is 1160. The van der Waals surface area contributed by atoms with Crippen molar-refractivity contribution in [2.24, 2.45) is 5.73 Å². The van der Waals surface area contributed by atoms with Crippen LogP contribution in [-0.2, 0) is 6.42 Å². The number of rotatable bonds is 5. The molecule has 0 unspecified atom stereocenters. The zero-order valence-electron chi connectivity index (χ0n) is 17.3. The van der Waals surface area contributed by atoms with Crippen LogP contribution < -0.4 is 10.6 Å². The second kappa shape index (κ2) is 9.26. The Morgan fingerprint density at radius 3 is 2.48 bits per heavy atom. The molecule has 3 heterocycles. The van der Waals surface area contributed by atoms with Crippen molar-refractivity contribution in [2.45, 2.75) is 24.7 Å². The summed E-state index contributed by atoms with van der Waals surface area (Å²) in [7, 11) is 0. The summed E-state index contributed by atoms with van der Waals surface area (Å²) < 4.78 is 42.6. The number of benzene rings is 1. The molecule has 3 atom stereocenters. The molecule has 4 rings (SSSR count). The SMILES string of the molecule is N[C@H]1CN(c2ccncc2CC(=O)c2ccc(F)c(-c3c(F)cccc3F)n2)C[C@@H](O)[C@@H]1O. The van der Waals surface area contributed by atoms with E-state index in [1.165, 1.54) is 12.4 Å². The summed E-state index contributed by atoms with van der Waals surface area (Å²) in [6.45, 7) is 0.348. The van der Waals surface area contributed by atoms with Gasteiger partial charge in [0.05, 0.1) is 23.8 Å². The van der Waals surface area contributed by atoms with Gasteiger partial charge < -0.3 is 20.8 Å². The van der Waals surface area contributed by atoms with Crippen LogP contribution in [0.4, 0.5) is 18.9 Å². The third kappa shape index (κ3) is 4.58. The summed E-state index contributed by atoms with van der Waals surface area (Å²) in [6.07, 6.45) is 0.667. The van der Waals surface area contributed by atoms with Gasteiger partial charge in [-0.1, -0.05) is 6.07 Å². The predicted molar refractivity (Wildman–Crippen MR) is 114 cm³/mol. The molecule has 10 heteroatoms. The van der Waals surface area contributed by atoms with Crippen LogP contribution in [0, 0.1) is 17.5 Å². The fourth-order valence-corrected chi connectivity index (χ4v) is 3.88. The van der Waals surface area contributed by atoms with Gasteiger partial charge in [-0.25, -0.2) is 18.2 Å². The maximum absolute atomic E-state index is 14.3. The Kier molecular flexibility index (Phi) is 6.41. The number of aliphatic hydroxyl groups is 2. The fourth-order valence-electron chi connectivity index (χ4n) is 3.88. The van der Waals surface area contributed by atoms with Crippen molar-refractivity contribution >= 4 is 11.5 Å². The van der Waals surface area contributed by atoms with Crippen LogP contribution in [0.2, 0.25) is 0 Å². The van der Waals surface area contributed by atoms with Crippen LogP contribution in [0.5, 0.6) is 0 Å². The number of aliphatic hydroxyl groups excluding tert-OH is 2. The summed E-state index contributed by atoms with van der Waals surface area (Å²) in [5, 5.41) is 20.0. The minimum atomic E-state index is -1.07. The van der Waals surface area contributed by atoms with Crippen LogP contribution in [0.15, 0.2) is 48.8 Å². The molecule has 0 radical (unpaired) electrons. The summed E-state index contributed by atoms with van der Waals surface area (Å²) in [4.78, 5) is 22.6. The topological polar surface area (TPSA) is 113 Å². The predicted octanol–water partition coefficient (Wildman–Crippen LogP) is 1.86. The van der Waals surface area contributed by atoms with Gasteiger partial charge in [0.25, 0.3) is 0 Å². The highest BCUT2D eigenvalue weighted by Gasteiger charge is 2.33. The molecule has 2 aromatic heterocycles. The lowest BCUT2D eigenvalue weighted by atomic mass is 9.98. The van der Waals surface area contributed by atoms with Crippen molar-refractivity contribution in [1.82, 2.24) is 9.97 Å². The van der Waals surface area contributed by atoms with Crippen LogP contribution in [0.1, 0.15) is 16.1 Å². The first-order chi connectivity index (χ1) is 15.8. The van der Waals surface area contributed by atoms with E-state index in [0.717, 1.165) is 30.3 Å². The number of nitrogens with two attached hydrogens (primary N) is 1. The summed E-state index contributed by atoms with van der Waals surface area (Å²) in [6, 6.07) is 6.14. The second-order valence-electron chi connectivity index (χ2n) is 7.85. The Morgan fingerprint density at radius 2 is 1.79 bits per heavy atom. The maximum atomic E-state index is 14.3. The molecule has 7 nitrogen and oxygen atoms in total. The number of hydrogen-bond donors (Lipinski definition) is 3. The maximum Gasteiger partial charge on any atom is 0.185 e. The number of pyridine rings is 2. The number of β-amino-alcohol motifs (C(OH)–C–C–N with tert-alkyl or cyclic N) is 1. The Balaban J connectivity index is 1.63. The number of aromatic nitrogens is 2. The van der Waals surface area contributed by atoms with Gasteiger partial charge in [-0.05, 0) is 30.3 Å². The average Bonchev–Trinajstić information content (AvgIpc) is 2.78. The minimum Gasteiger partial charge on any atom is -0.389 e. The number of carbonyl (C=O) groups excluding carboxylic acids is 1. The summed E-state index contributed by atoms with van der Waals surface area (Å²) in [5.41, 5.74) is 5.56. The highest BCUT2D eigenvalue weighted by atomic mass is 19.1. The molecule has 0 bridgehead atoms. The lowest BCUT2D eigenvalue weighted by Gasteiger charge is -2.39. The van der Waals surface area contributed by atoms with Crippen LogP contribution in [0.3, 0.4) is 0 Å². The molecular formula is C23H21F3N4O3. The van der Waals surface area contributed by atoms with Crippen molar-refractivity contribution < 1.29 is 28.2 Å². The first-order valence-electron chi connectivity index (χ1n) is 10.2. The van der Waals surface area contributed by atoms with E-state index in [1.807, 2.05) is 0 Å². The van der Waals surface area contributed by atoms with Gasteiger partial charge in [0, 0.05) is 43.2 Å². The smallest absolute Gasteiger partial charge is 0.185 e. The Hall–Kier alpha value is -3.34. The number of halogens is 3. The molecule has 1 aromatic carbocycles. The van der Waals surface area contributed by atoms with Crippen molar-refractivity contribution in [3.8, 4) is 11.3 Å². The van der Waals surface area contributed by atoms with Gasteiger partial charge in [0.1, 0.15) is 28.8 Å². The van der Waals surface area contributed by atoms with E-state index in [1.54, 1.807) is 11.0 Å². The van der Waals surface area contributed by atoms with Gasteiger partial charge in [0.15, 0.2) is 5.78 Å². The van der Waals surface area contributed by atoms with E-state index in [9.17, 15) is 28.2 Å². The van der Waals surface area contributed by atoms with Gasteiger partial charge >= 0.3 is 0 Å². The number of ketones is 1. The van der Waals surface area contributed by atoms with E-state index >= 15 is 0 Å². The minimum absolute atomic E-state index is 0.103. The third-order valence-corrected chi connectivity index (χ3v) is 5.57. The summed E-state index contributed by atoms with van der Waals surface area (Å²) >= 11 is 0. The highest BCUT2D eigenvalue weighted by Crippen LogP contribution is 2.28. The first-order valence-corrected chi connectivity index (χ1v) is 10.2. The van der Waals surface area contributed by atoms with Gasteiger partial charge in [-0.2, -0.15) is 0 Å². The standard InChI is InChI=1S/C23H21F3N4O3/c24-13-2-1-3-14(25)21(13)22-15(26)4-5-17(29-22)19(31)8-12-9-28-7-6-18(12)30-10-16(27)23(33)20(32)11-30/h1-7,9,16,20,23,32-33H,8,10-11,27H2/t16-,20+,23+/m0/s1. The number of anilines is 1. The molecule has 4 N–H and O–H groups in total. The quantitative estimate of drug-likeness (QED) is 0.500. The molecule has 33 heavy (non-hydrogen) atoms. The average molecular weight is 458 g/mol. The molecule has 0 amide bonds. The molecular weight excluding hydrogens is 437 g/mol. The Labute approximate surface area is 187 Å². The lowest BCUT2D eigenvalue weighted by molar-refractivity contribution is -0.00356. The molecule has 172 valence electrons. The van der Waals surface area contributed by atoms with Crippen molar-refractivity contribution in [3.05, 3.63) is 77.5 Å². The number of nitrogens with zero attached hydrogens (tertiary/aromatic N) is 3. The molecule has 1 saturated heterocycles. The van der Waals surface area contributed by atoms with E-state index in [-0.39, 0.29) is 25.2 Å². The van der Waals surface area contributed by atoms with E-state index < -0.39 is 52.7 Å². The van der Waals surface area contributed by atoms with Gasteiger partial charge in [-0.3, -0.25) is 9.78 Å². The number of piperidine rings is 1. The Morgan fingerprint density at radius 1 is 1.06 bits per heavy atom. The molecule has 3 aromatic rings. The molecule has 0 aliphatic carbocycles. The molecule has 0 saturated carbocycles. The zero-order valence-corrected chi connectivity index (χ0v) is 17.3. The second-order valence-corrected chi connectivity index (χ2v) is 7.85.